The van der Waals surface area contributed by atoms with Gasteiger partial charge in [0, 0.05) is 55.1 Å². The fourth-order valence-corrected chi connectivity index (χ4v) is 7.03. The highest BCUT2D eigenvalue weighted by Crippen LogP contribution is 2.45. The summed E-state index contributed by atoms with van der Waals surface area (Å²) in [5.41, 5.74) is 1.74. The van der Waals surface area contributed by atoms with E-state index >= 15 is 0 Å². The molecule has 1 aliphatic carbocycles. The summed E-state index contributed by atoms with van der Waals surface area (Å²) in [7, 11) is 0. The van der Waals surface area contributed by atoms with Crippen LogP contribution in [0.3, 0.4) is 0 Å². The van der Waals surface area contributed by atoms with Crippen molar-refractivity contribution in [3.05, 3.63) is 54.4 Å². The van der Waals surface area contributed by atoms with Gasteiger partial charge < -0.3 is 9.72 Å². The molecular weight excluding hydrogens is 571 g/mol. The van der Waals surface area contributed by atoms with Gasteiger partial charge in [-0.3, -0.25) is 14.5 Å². The van der Waals surface area contributed by atoms with Gasteiger partial charge >= 0.3 is 6.18 Å². The lowest BCUT2D eigenvalue weighted by molar-refractivity contribution is -0.141. The van der Waals surface area contributed by atoms with Gasteiger partial charge in [-0.25, -0.2) is 15.0 Å². The first-order valence-electron chi connectivity index (χ1n) is 15.2. The minimum atomic E-state index is -4.53. The summed E-state index contributed by atoms with van der Waals surface area (Å²) in [6.07, 6.45) is 7.90. The van der Waals surface area contributed by atoms with Crippen LogP contribution in [0.4, 0.5) is 13.2 Å². The second kappa shape index (κ2) is 11.5. The average molecular weight is 606 g/mol. The number of H-pyrrole nitrogens is 1. The Morgan fingerprint density at radius 2 is 1.89 bits per heavy atom. The SMILES string of the molecule is N#CC[C@]1(n2cc(-c3ncnc4[nH]ccc34)cn2)C[C@H](N2CCC(Oc3cc(CN4CCCC4)cc(C(F)(F)F)n3)CC2)C1. The Morgan fingerprint density at radius 3 is 2.64 bits per heavy atom. The number of likely N-dealkylation sites (tertiary alicyclic amines) is 2. The van der Waals surface area contributed by atoms with Gasteiger partial charge in [0.15, 0.2) is 0 Å². The van der Waals surface area contributed by atoms with E-state index < -0.39 is 11.9 Å². The van der Waals surface area contributed by atoms with Crippen LogP contribution in [0.1, 0.15) is 56.2 Å². The van der Waals surface area contributed by atoms with Crippen LogP contribution in [0.15, 0.2) is 43.1 Å². The number of fused-ring (bicyclic) bond motifs is 1. The molecule has 0 atom stereocenters. The summed E-state index contributed by atoms with van der Waals surface area (Å²) in [5, 5.41) is 15.3. The molecule has 4 aromatic rings. The third-order valence-electron chi connectivity index (χ3n) is 9.37. The maximum atomic E-state index is 13.6. The summed E-state index contributed by atoms with van der Waals surface area (Å²) in [6.45, 7) is 3.81. The molecule has 0 bridgehead atoms. The van der Waals surface area contributed by atoms with Crippen LogP contribution in [0.25, 0.3) is 22.3 Å². The van der Waals surface area contributed by atoms with E-state index in [9.17, 15) is 18.4 Å². The number of piperidine rings is 1. The van der Waals surface area contributed by atoms with Gasteiger partial charge in [-0.15, -0.1) is 0 Å². The Labute approximate surface area is 252 Å². The zero-order valence-corrected chi connectivity index (χ0v) is 24.3. The van der Waals surface area contributed by atoms with Crippen LogP contribution in [0.5, 0.6) is 5.88 Å². The average Bonchev–Trinajstić information content (AvgIpc) is 3.77. The normalized spacial score (nSPS) is 23.5. The summed E-state index contributed by atoms with van der Waals surface area (Å²) in [4.78, 5) is 20.3. The number of ether oxygens (including phenoxy) is 1. The van der Waals surface area contributed by atoms with Crippen molar-refractivity contribution in [2.45, 2.75) is 75.4 Å². The molecule has 0 unspecified atom stereocenters. The molecule has 2 aliphatic heterocycles. The molecule has 10 nitrogen and oxygen atoms in total. The maximum Gasteiger partial charge on any atom is 0.433 e. The molecule has 4 aromatic heterocycles. The van der Waals surface area contributed by atoms with Crippen molar-refractivity contribution in [2.24, 2.45) is 0 Å². The Hall–Kier alpha value is -4.02. The van der Waals surface area contributed by atoms with E-state index in [1.54, 1.807) is 12.3 Å². The molecule has 0 spiro atoms. The minimum Gasteiger partial charge on any atom is -0.474 e. The molecule has 13 heteroatoms. The van der Waals surface area contributed by atoms with Crippen molar-refractivity contribution in [1.29, 1.82) is 5.26 Å². The van der Waals surface area contributed by atoms with Crippen LogP contribution in [0.2, 0.25) is 0 Å². The van der Waals surface area contributed by atoms with E-state index in [2.05, 4.69) is 40.9 Å². The molecule has 44 heavy (non-hydrogen) atoms. The molecular formula is C31H34F3N9O. The van der Waals surface area contributed by atoms with Crippen molar-refractivity contribution >= 4 is 11.0 Å². The Kier molecular flexibility index (Phi) is 7.50. The fourth-order valence-electron chi connectivity index (χ4n) is 7.03. The van der Waals surface area contributed by atoms with Crippen molar-refractivity contribution < 1.29 is 17.9 Å². The van der Waals surface area contributed by atoms with Gasteiger partial charge in [0.2, 0.25) is 5.88 Å². The molecule has 7 rings (SSSR count). The molecule has 0 aromatic carbocycles. The quantitative estimate of drug-likeness (QED) is 0.294. The number of nitrogens with one attached hydrogen (secondary N) is 1. The molecule has 1 saturated carbocycles. The number of rotatable bonds is 8. The lowest BCUT2D eigenvalue weighted by atomic mass is 9.69. The third kappa shape index (κ3) is 5.64. The summed E-state index contributed by atoms with van der Waals surface area (Å²) < 4.78 is 48.9. The highest BCUT2D eigenvalue weighted by atomic mass is 19.4. The van der Waals surface area contributed by atoms with Crippen LogP contribution < -0.4 is 4.74 Å². The monoisotopic (exact) mass is 605 g/mol. The Bertz CT molecular complexity index is 1660. The number of hydrogen-bond donors (Lipinski definition) is 1. The number of hydrogen-bond acceptors (Lipinski definition) is 8. The third-order valence-corrected chi connectivity index (χ3v) is 9.37. The number of aromatic amines is 1. The molecule has 3 fully saturated rings. The lowest BCUT2D eigenvalue weighted by Gasteiger charge is -2.52. The van der Waals surface area contributed by atoms with Crippen molar-refractivity contribution in [3.63, 3.8) is 0 Å². The second-order valence-corrected chi connectivity index (χ2v) is 12.3. The van der Waals surface area contributed by atoms with E-state index in [1.165, 1.54) is 6.33 Å². The first-order valence-corrected chi connectivity index (χ1v) is 15.2. The molecule has 0 amide bonds. The Morgan fingerprint density at radius 1 is 1.09 bits per heavy atom. The Balaban J connectivity index is 0.984. The number of aromatic nitrogens is 6. The number of nitrogens with zero attached hydrogens (tertiary/aromatic N) is 8. The number of halogens is 3. The maximum absolute atomic E-state index is 13.6. The molecule has 2 saturated heterocycles. The van der Waals surface area contributed by atoms with E-state index in [-0.39, 0.29) is 17.5 Å². The van der Waals surface area contributed by atoms with Crippen LogP contribution in [-0.4, -0.2) is 77.8 Å². The van der Waals surface area contributed by atoms with Crippen molar-refractivity contribution in [2.75, 3.05) is 26.2 Å². The molecule has 3 aliphatic rings. The zero-order chi connectivity index (χ0) is 30.3. The van der Waals surface area contributed by atoms with Gasteiger partial charge in [0.1, 0.15) is 23.8 Å². The highest BCUT2D eigenvalue weighted by molar-refractivity contribution is 5.90. The minimum absolute atomic E-state index is 0.0549. The largest absolute Gasteiger partial charge is 0.474 e. The molecule has 1 N–H and O–H groups in total. The topological polar surface area (TPSA) is 112 Å². The molecule has 6 heterocycles. The van der Waals surface area contributed by atoms with Crippen LogP contribution >= 0.6 is 0 Å². The van der Waals surface area contributed by atoms with E-state index in [0.717, 1.165) is 80.2 Å². The standard InChI is InChI=1S/C31H34F3N9O/c32-31(33,34)26-13-21(18-41-9-1-2-10-41)14-27(40-26)44-24-4-11-42(12-5-24)23-15-30(16-23,6-7-35)43-19-22(17-39-43)28-25-3-8-36-29(25)38-20-37-28/h3,8,13-14,17,19-20,23-24H,1-2,4-6,9-12,15-16,18H2,(H,36,37,38)/t23-,30-. The van der Waals surface area contributed by atoms with Crippen molar-refractivity contribution in [3.8, 4) is 23.2 Å². The number of alkyl halides is 3. The van der Waals surface area contributed by atoms with Crippen LogP contribution in [-0.2, 0) is 18.3 Å². The number of nitriles is 1. The summed E-state index contributed by atoms with van der Waals surface area (Å²) in [6, 6.07) is 7.42. The van der Waals surface area contributed by atoms with Gasteiger partial charge in [-0.2, -0.15) is 23.5 Å². The molecule has 0 radical (unpaired) electrons. The lowest BCUT2D eigenvalue weighted by Crippen LogP contribution is -2.58. The second-order valence-electron chi connectivity index (χ2n) is 12.3. The van der Waals surface area contributed by atoms with Crippen LogP contribution in [0, 0.1) is 11.3 Å². The summed E-state index contributed by atoms with van der Waals surface area (Å²) >= 11 is 0. The highest BCUT2D eigenvalue weighted by Gasteiger charge is 2.49. The first-order chi connectivity index (χ1) is 21.3. The first kappa shape index (κ1) is 28.7. The van der Waals surface area contributed by atoms with Crippen molar-refractivity contribution in [1.82, 2.24) is 39.5 Å². The van der Waals surface area contributed by atoms with E-state index in [0.29, 0.717) is 37.4 Å². The predicted molar refractivity (Wildman–Crippen MR) is 155 cm³/mol. The smallest absolute Gasteiger partial charge is 0.433 e. The molecule has 230 valence electrons. The van der Waals surface area contributed by atoms with E-state index in [4.69, 9.17) is 4.74 Å². The fraction of sp³-hybridized carbons (Fsp3) is 0.516. The number of pyridine rings is 1. The predicted octanol–water partition coefficient (Wildman–Crippen LogP) is 5.15. The van der Waals surface area contributed by atoms with Gasteiger partial charge in [0.25, 0.3) is 0 Å². The van der Waals surface area contributed by atoms with E-state index in [1.807, 2.05) is 23.1 Å². The van der Waals surface area contributed by atoms with Gasteiger partial charge in [-0.1, -0.05) is 0 Å². The van der Waals surface area contributed by atoms with Gasteiger partial charge in [0.05, 0.1) is 29.9 Å². The zero-order valence-electron chi connectivity index (χ0n) is 24.3. The van der Waals surface area contributed by atoms with Gasteiger partial charge in [-0.05, 0) is 69.3 Å². The summed E-state index contributed by atoms with van der Waals surface area (Å²) in [5.74, 6) is 0.0549.